The number of nitrogens with one attached hydrogen (secondary N) is 3. The molecule has 4 N–H and O–H groups in total. The van der Waals surface area contributed by atoms with Crippen LogP contribution in [0, 0.1) is 17.6 Å². The van der Waals surface area contributed by atoms with Crippen LogP contribution in [-0.2, 0) is 26.0 Å². The average molecular weight is 655 g/mol. The third-order valence-corrected chi connectivity index (χ3v) is 11.1. The normalized spacial score (nSPS) is 24.9. The Morgan fingerprint density at radius 3 is 2.50 bits per heavy atom. The van der Waals surface area contributed by atoms with Crippen LogP contribution in [0.15, 0.2) is 36.4 Å². The van der Waals surface area contributed by atoms with E-state index in [4.69, 9.17) is 16.3 Å². The van der Waals surface area contributed by atoms with Gasteiger partial charge in [-0.15, -0.1) is 0 Å². The summed E-state index contributed by atoms with van der Waals surface area (Å²) in [7, 11) is -3.49. The molecule has 2 aromatic rings. The van der Waals surface area contributed by atoms with Crippen molar-refractivity contribution in [3.8, 4) is 0 Å². The summed E-state index contributed by atoms with van der Waals surface area (Å²) in [5, 5.41) is 18.4. The molecule has 0 saturated carbocycles. The molecule has 3 unspecified atom stereocenters. The Hall–Kier alpha value is -2.84. The number of ether oxygens (including phenoxy) is 1. The summed E-state index contributed by atoms with van der Waals surface area (Å²) in [6, 6.07) is 6.83. The monoisotopic (exact) mass is 654 g/mol. The summed E-state index contributed by atoms with van der Waals surface area (Å²) >= 11 is 6.10. The molecule has 44 heavy (non-hydrogen) atoms. The van der Waals surface area contributed by atoms with E-state index in [9.17, 15) is 23.1 Å². The van der Waals surface area contributed by atoms with Gasteiger partial charge >= 0.3 is 6.09 Å². The van der Waals surface area contributed by atoms with Crippen LogP contribution in [0.25, 0.3) is 0 Å². The topological polar surface area (TPSA) is 137 Å². The zero-order chi connectivity index (χ0) is 31.4. The lowest BCUT2D eigenvalue weighted by atomic mass is 9.76. The number of fused-ring (bicyclic) bond motifs is 2. The Balaban J connectivity index is 1.42. The SMILES string of the molecule is O=C(O)NC(C(=O)Nc1c(F)ccc(F)c1CC[C@H]1CN[C@@H]2CCCS(=O)(=O)N1C2)C(c1ccc(Cl)cc1)C1CCOCC1. The minimum atomic E-state index is -3.49. The number of sulfonamides is 1. The summed E-state index contributed by atoms with van der Waals surface area (Å²) in [5.41, 5.74) is 0.155. The largest absolute Gasteiger partial charge is 0.465 e. The van der Waals surface area contributed by atoms with Crippen LogP contribution >= 0.6 is 11.6 Å². The number of carboxylic acid groups (broad SMARTS) is 1. The standard InChI is InChI=1S/C30H37ClF2N4O6S/c31-20-5-3-18(4-6-20)26(19-11-13-43-14-12-19)28(36-30(39)40)29(38)35-27-23(24(32)9-10-25(27)33)8-7-22-16-34-21-2-1-15-44(41,42)37(22)17-21/h3-6,9-10,19,21-22,26,28,34,36H,1-2,7-8,11-17H2,(H,35,38)(H,39,40)/t21-,22+,26?,28?/m1/s1. The van der Waals surface area contributed by atoms with Crippen molar-refractivity contribution in [2.45, 2.75) is 62.6 Å². The quantitative estimate of drug-likeness (QED) is 0.320. The van der Waals surface area contributed by atoms with Gasteiger partial charge in [-0.3, -0.25) is 4.79 Å². The Bertz CT molecular complexity index is 1460. The van der Waals surface area contributed by atoms with E-state index in [1.807, 2.05) is 0 Å². The van der Waals surface area contributed by atoms with E-state index in [1.165, 1.54) is 4.31 Å². The van der Waals surface area contributed by atoms with Gasteiger partial charge in [0, 0.05) is 54.9 Å². The molecule has 5 atom stereocenters. The highest BCUT2D eigenvalue weighted by Crippen LogP contribution is 2.37. The van der Waals surface area contributed by atoms with E-state index < -0.39 is 57.3 Å². The molecule has 0 spiro atoms. The lowest BCUT2D eigenvalue weighted by Gasteiger charge is -2.37. The van der Waals surface area contributed by atoms with Gasteiger partial charge in [0.2, 0.25) is 15.9 Å². The third-order valence-electron chi connectivity index (χ3n) is 8.89. The molecule has 3 aliphatic rings. The van der Waals surface area contributed by atoms with Gasteiger partial charge in [-0.05, 0) is 74.3 Å². The first-order valence-electron chi connectivity index (χ1n) is 14.9. The van der Waals surface area contributed by atoms with E-state index in [-0.39, 0.29) is 36.1 Å². The molecule has 3 heterocycles. The molecule has 10 nitrogen and oxygen atoms in total. The van der Waals surface area contributed by atoms with E-state index in [1.54, 1.807) is 24.3 Å². The van der Waals surface area contributed by atoms with E-state index in [2.05, 4.69) is 16.0 Å². The van der Waals surface area contributed by atoms with Gasteiger partial charge in [0.15, 0.2) is 0 Å². The van der Waals surface area contributed by atoms with Crippen molar-refractivity contribution in [2.24, 2.45) is 5.92 Å². The summed E-state index contributed by atoms with van der Waals surface area (Å²) in [6.45, 7) is 1.56. The molecule has 3 fully saturated rings. The van der Waals surface area contributed by atoms with Crippen LogP contribution in [0.3, 0.4) is 0 Å². The smallest absolute Gasteiger partial charge is 0.405 e. The second kappa shape index (κ2) is 14.1. The minimum absolute atomic E-state index is 0.0389. The minimum Gasteiger partial charge on any atom is -0.465 e. The van der Waals surface area contributed by atoms with Gasteiger partial charge in [-0.25, -0.2) is 22.0 Å². The highest BCUT2D eigenvalue weighted by molar-refractivity contribution is 7.89. The number of halogens is 3. The first-order valence-corrected chi connectivity index (χ1v) is 16.9. The zero-order valence-electron chi connectivity index (χ0n) is 24.1. The fraction of sp³-hybridized carbons (Fsp3) is 0.533. The number of piperazine rings is 1. The van der Waals surface area contributed by atoms with E-state index in [0.29, 0.717) is 56.2 Å². The molecule has 2 bridgehead atoms. The van der Waals surface area contributed by atoms with Crippen LogP contribution in [0.2, 0.25) is 5.02 Å². The molecule has 0 aromatic heterocycles. The van der Waals surface area contributed by atoms with Crippen LogP contribution in [0.4, 0.5) is 19.3 Å². The highest BCUT2D eigenvalue weighted by Gasteiger charge is 2.40. The number of hydrogen-bond donors (Lipinski definition) is 4. The number of amides is 2. The molecule has 240 valence electrons. The Morgan fingerprint density at radius 1 is 1.09 bits per heavy atom. The summed E-state index contributed by atoms with van der Waals surface area (Å²) in [5.74, 6) is -3.26. The number of anilines is 1. The fourth-order valence-electron chi connectivity index (χ4n) is 6.68. The molecule has 2 aromatic carbocycles. The number of rotatable bonds is 9. The highest BCUT2D eigenvalue weighted by atomic mass is 35.5. The molecule has 5 rings (SSSR count). The Labute approximate surface area is 260 Å². The van der Waals surface area contributed by atoms with Gasteiger partial charge in [0.1, 0.15) is 17.7 Å². The number of benzene rings is 2. The maximum Gasteiger partial charge on any atom is 0.405 e. The maximum absolute atomic E-state index is 15.3. The van der Waals surface area contributed by atoms with Crippen LogP contribution in [0.5, 0.6) is 0 Å². The van der Waals surface area contributed by atoms with Crippen LogP contribution in [-0.4, -0.2) is 80.0 Å². The number of hydrogen-bond acceptors (Lipinski definition) is 6. The number of nitrogens with zero attached hydrogens (tertiary/aromatic N) is 1. The van der Waals surface area contributed by atoms with Gasteiger partial charge < -0.3 is 25.8 Å². The molecule has 0 radical (unpaired) electrons. The molecule has 0 aliphatic carbocycles. The summed E-state index contributed by atoms with van der Waals surface area (Å²) in [6.07, 6.45) is 1.11. The van der Waals surface area contributed by atoms with Crippen molar-refractivity contribution in [3.63, 3.8) is 0 Å². The molecule has 14 heteroatoms. The van der Waals surface area contributed by atoms with Crippen molar-refractivity contribution in [2.75, 3.05) is 37.4 Å². The molecule has 2 amide bonds. The van der Waals surface area contributed by atoms with Gasteiger partial charge in [-0.2, -0.15) is 4.31 Å². The lowest BCUT2D eigenvalue weighted by Crippen LogP contribution is -2.57. The van der Waals surface area contributed by atoms with Gasteiger partial charge in [-0.1, -0.05) is 23.7 Å². The van der Waals surface area contributed by atoms with Crippen LogP contribution < -0.4 is 16.0 Å². The Kier molecular flexibility index (Phi) is 10.4. The van der Waals surface area contributed by atoms with Crippen molar-refractivity contribution in [3.05, 3.63) is 64.2 Å². The maximum atomic E-state index is 15.3. The van der Waals surface area contributed by atoms with Gasteiger partial charge in [0.05, 0.1) is 11.4 Å². The molecular formula is C30H37ClF2N4O6S. The van der Waals surface area contributed by atoms with E-state index in [0.717, 1.165) is 18.6 Å². The number of carbonyl (C=O) groups is 2. The number of carbonyl (C=O) groups excluding carboxylic acids is 1. The molecular weight excluding hydrogens is 618 g/mol. The van der Waals surface area contributed by atoms with Crippen molar-refractivity contribution in [1.82, 2.24) is 14.9 Å². The van der Waals surface area contributed by atoms with Crippen molar-refractivity contribution in [1.29, 1.82) is 0 Å². The molecule has 3 saturated heterocycles. The zero-order valence-corrected chi connectivity index (χ0v) is 25.7. The fourth-order valence-corrected chi connectivity index (χ4v) is 8.61. The second-order valence-electron chi connectivity index (χ2n) is 11.7. The summed E-state index contributed by atoms with van der Waals surface area (Å²) in [4.78, 5) is 25.8. The summed E-state index contributed by atoms with van der Waals surface area (Å²) < 4.78 is 63.3. The van der Waals surface area contributed by atoms with Gasteiger partial charge in [0.25, 0.3) is 0 Å². The second-order valence-corrected chi connectivity index (χ2v) is 14.1. The van der Waals surface area contributed by atoms with Crippen LogP contribution in [0.1, 0.15) is 49.1 Å². The van der Waals surface area contributed by atoms with Crippen molar-refractivity contribution < 1.29 is 36.6 Å². The first kappa shape index (κ1) is 32.6. The Morgan fingerprint density at radius 2 is 1.80 bits per heavy atom. The lowest BCUT2D eigenvalue weighted by molar-refractivity contribution is -0.119. The predicted molar refractivity (Wildman–Crippen MR) is 161 cm³/mol. The third kappa shape index (κ3) is 7.51. The van der Waals surface area contributed by atoms with E-state index >= 15 is 8.78 Å². The molecule has 3 aliphatic heterocycles. The predicted octanol–water partition coefficient (Wildman–Crippen LogP) is 4.10. The average Bonchev–Trinajstić information content (AvgIpc) is 3.11. The first-order chi connectivity index (χ1) is 21.0. The van der Waals surface area contributed by atoms with Crippen molar-refractivity contribution >= 4 is 39.3 Å².